The summed E-state index contributed by atoms with van der Waals surface area (Å²) in [7, 11) is 0. The molecule has 0 radical (unpaired) electrons. The molecule has 1 aromatic rings. The summed E-state index contributed by atoms with van der Waals surface area (Å²) >= 11 is 0. The second-order valence-corrected chi connectivity index (χ2v) is 6.27. The van der Waals surface area contributed by atoms with Gasteiger partial charge in [-0.3, -0.25) is 4.68 Å². The molecule has 0 bridgehead atoms. The van der Waals surface area contributed by atoms with E-state index in [9.17, 15) is 0 Å². The van der Waals surface area contributed by atoms with Gasteiger partial charge in [0.2, 0.25) is 0 Å². The van der Waals surface area contributed by atoms with Crippen molar-refractivity contribution in [3.63, 3.8) is 0 Å². The van der Waals surface area contributed by atoms with Crippen molar-refractivity contribution in [2.24, 2.45) is 5.92 Å². The molecular weight excluding hydrogens is 234 g/mol. The lowest BCUT2D eigenvalue weighted by Crippen LogP contribution is -2.20. The fourth-order valence-electron chi connectivity index (χ4n) is 3.04. The van der Waals surface area contributed by atoms with Crippen LogP contribution in [0.3, 0.4) is 0 Å². The summed E-state index contributed by atoms with van der Waals surface area (Å²) in [4.78, 5) is 0. The molecule has 1 fully saturated rings. The zero-order chi connectivity index (χ0) is 13.7. The molecule has 1 heterocycles. The van der Waals surface area contributed by atoms with E-state index in [1.54, 1.807) is 0 Å². The van der Waals surface area contributed by atoms with Gasteiger partial charge in [-0.2, -0.15) is 5.10 Å². The summed E-state index contributed by atoms with van der Waals surface area (Å²) in [6.07, 6.45) is 9.84. The molecular formula is C16H29N3. The summed E-state index contributed by atoms with van der Waals surface area (Å²) in [6, 6.07) is 0.667. The van der Waals surface area contributed by atoms with Gasteiger partial charge in [0.25, 0.3) is 0 Å². The van der Waals surface area contributed by atoms with Crippen LogP contribution in [0.5, 0.6) is 0 Å². The van der Waals surface area contributed by atoms with Crippen molar-refractivity contribution in [1.29, 1.82) is 0 Å². The Morgan fingerprint density at radius 1 is 1.37 bits per heavy atom. The van der Waals surface area contributed by atoms with E-state index in [2.05, 4.69) is 37.0 Å². The fourth-order valence-corrected chi connectivity index (χ4v) is 3.04. The van der Waals surface area contributed by atoms with E-state index >= 15 is 0 Å². The van der Waals surface area contributed by atoms with Gasteiger partial charge in [0.05, 0.1) is 12.2 Å². The third-order valence-corrected chi connectivity index (χ3v) is 4.01. The predicted octanol–water partition coefficient (Wildman–Crippen LogP) is 3.70. The first-order valence-electron chi connectivity index (χ1n) is 7.98. The highest BCUT2D eigenvalue weighted by Crippen LogP contribution is 2.31. The summed E-state index contributed by atoms with van der Waals surface area (Å²) < 4.78 is 2.34. The van der Waals surface area contributed by atoms with Crippen molar-refractivity contribution >= 4 is 0 Å². The van der Waals surface area contributed by atoms with E-state index in [0.717, 1.165) is 19.5 Å². The number of hydrogen-bond donors (Lipinski definition) is 1. The zero-order valence-corrected chi connectivity index (χ0v) is 12.8. The first-order chi connectivity index (χ1) is 9.22. The minimum atomic E-state index is 0.667. The number of nitrogens with one attached hydrogen (secondary N) is 1. The average Bonchev–Trinajstić information content (AvgIpc) is 2.99. The molecule has 0 unspecified atom stereocenters. The van der Waals surface area contributed by atoms with Crippen molar-refractivity contribution in [3.05, 3.63) is 17.5 Å². The molecule has 0 saturated heterocycles. The van der Waals surface area contributed by atoms with Crippen LogP contribution in [0, 0.1) is 5.92 Å². The average molecular weight is 263 g/mol. The normalized spacial score (nSPS) is 16.6. The van der Waals surface area contributed by atoms with Crippen molar-refractivity contribution < 1.29 is 0 Å². The topological polar surface area (TPSA) is 29.9 Å². The van der Waals surface area contributed by atoms with E-state index < -0.39 is 0 Å². The van der Waals surface area contributed by atoms with Gasteiger partial charge >= 0.3 is 0 Å². The summed E-state index contributed by atoms with van der Waals surface area (Å²) in [6.45, 7) is 8.82. The molecule has 1 aliphatic rings. The van der Waals surface area contributed by atoms with Gasteiger partial charge < -0.3 is 5.32 Å². The Morgan fingerprint density at radius 2 is 2.11 bits per heavy atom. The number of hydrogen-bond acceptors (Lipinski definition) is 2. The van der Waals surface area contributed by atoms with Crippen LogP contribution in [0.25, 0.3) is 0 Å². The van der Waals surface area contributed by atoms with Gasteiger partial charge in [0.15, 0.2) is 0 Å². The van der Waals surface area contributed by atoms with Gasteiger partial charge in [-0.05, 0) is 31.7 Å². The lowest BCUT2D eigenvalue weighted by atomic mass is 10.1. The molecule has 1 aliphatic carbocycles. The van der Waals surface area contributed by atoms with Crippen molar-refractivity contribution in [2.75, 3.05) is 6.54 Å². The van der Waals surface area contributed by atoms with E-state index in [1.807, 2.05) is 0 Å². The van der Waals surface area contributed by atoms with Gasteiger partial charge in [-0.1, -0.05) is 40.0 Å². The first kappa shape index (κ1) is 14.6. The molecule has 19 heavy (non-hydrogen) atoms. The molecule has 2 rings (SSSR count). The van der Waals surface area contributed by atoms with Crippen LogP contribution >= 0.6 is 0 Å². The maximum atomic E-state index is 4.69. The molecule has 3 nitrogen and oxygen atoms in total. The Kier molecular flexibility index (Phi) is 5.44. The van der Waals surface area contributed by atoms with E-state index in [0.29, 0.717) is 12.0 Å². The molecule has 0 amide bonds. The van der Waals surface area contributed by atoms with Crippen molar-refractivity contribution in [1.82, 2.24) is 15.1 Å². The SMILES string of the molecule is CCCc1c(CNCC(C)C)cnn1C1CCCC1. The Bertz CT molecular complexity index is 375. The number of nitrogens with zero attached hydrogens (tertiary/aromatic N) is 2. The second-order valence-electron chi connectivity index (χ2n) is 6.27. The Hall–Kier alpha value is -0.830. The van der Waals surface area contributed by atoms with Crippen LogP contribution < -0.4 is 5.32 Å². The lowest BCUT2D eigenvalue weighted by Gasteiger charge is -2.15. The van der Waals surface area contributed by atoms with Crippen LogP contribution in [0.15, 0.2) is 6.20 Å². The zero-order valence-electron chi connectivity index (χ0n) is 12.8. The first-order valence-corrected chi connectivity index (χ1v) is 7.98. The Balaban J connectivity index is 2.05. The smallest absolute Gasteiger partial charge is 0.0537 e. The highest BCUT2D eigenvalue weighted by atomic mass is 15.3. The molecule has 0 aromatic carbocycles. The van der Waals surface area contributed by atoms with Crippen LogP contribution in [0.1, 0.15) is 70.2 Å². The standard InChI is InChI=1S/C16H29N3/c1-4-7-16-14(11-17-10-13(2)3)12-18-19(16)15-8-5-6-9-15/h12-13,15,17H,4-11H2,1-3H3. The lowest BCUT2D eigenvalue weighted by molar-refractivity contribution is 0.447. The fraction of sp³-hybridized carbons (Fsp3) is 0.812. The summed E-state index contributed by atoms with van der Waals surface area (Å²) in [5, 5.41) is 8.24. The van der Waals surface area contributed by atoms with Crippen LogP contribution in [0.4, 0.5) is 0 Å². The quantitative estimate of drug-likeness (QED) is 0.813. The predicted molar refractivity (Wildman–Crippen MR) is 80.3 cm³/mol. The molecule has 3 heteroatoms. The highest BCUT2D eigenvalue weighted by molar-refractivity contribution is 5.19. The largest absolute Gasteiger partial charge is 0.312 e. The maximum absolute atomic E-state index is 4.69. The molecule has 108 valence electrons. The third kappa shape index (κ3) is 3.82. The summed E-state index contributed by atoms with van der Waals surface area (Å²) in [5.74, 6) is 0.708. The van der Waals surface area contributed by atoms with Crippen LogP contribution in [0.2, 0.25) is 0 Å². The number of rotatable bonds is 7. The van der Waals surface area contributed by atoms with Crippen LogP contribution in [-0.4, -0.2) is 16.3 Å². The van der Waals surface area contributed by atoms with Gasteiger partial charge in [0, 0.05) is 17.8 Å². The van der Waals surface area contributed by atoms with Crippen molar-refractivity contribution in [3.8, 4) is 0 Å². The van der Waals surface area contributed by atoms with Gasteiger partial charge in [-0.25, -0.2) is 0 Å². The molecule has 1 N–H and O–H groups in total. The Morgan fingerprint density at radius 3 is 2.74 bits per heavy atom. The van der Waals surface area contributed by atoms with E-state index in [4.69, 9.17) is 5.10 Å². The highest BCUT2D eigenvalue weighted by Gasteiger charge is 2.21. The molecule has 0 atom stereocenters. The number of aromatic nitrogens is 2. The molecule has 1 aromatic heterocycles. The van der Waals surface area contributed by atoms with Crippen LogP contribution in [-0.2, 0) is 13.0 Å². The van der Waals surface area contributed by atoms with Crippen molar-refractivity contribution in [2.45, 2.75) is 71.9 Å². The maximum Gasteiger partial charge on any atom is 0.0537 e. The van der Waals surface area contributed by atoms with Gasteiger partial charge in [0.1, 0.15) is 0 Å². The molecule has 0 aliphatic heterocycles. The minimum absolute atomic E-state index is 0.667. The third-order valence-electron chi connectivity index (χ3n) is 4.01. The molecule has 0 spiro atoms. The second kappa shape index (κ2) is 7.09. The van der Waals surface area contributed by atoms with E-state index in [-0.39, 0.29) is 0 Å². The minimum Gasteiger partial charge on any atom is -0.312 e. The van der Waals surface area contributed by atoms with E-state index in [1.165, 1.54) is 43.4 Å². The van der Waals surface area contributed by atoms with Gasteiger partial charge in [-0.15, -0.1) is 0 Å². The Labute approximate surface area is 117 Å². The summed E-state index contributed by atoms with van der Waals surface area (Å²) in [5.41, 5.74) is 2.89. The monoisotopic (exact) mass is 263 g/mol. The molecule has 1 saturated carbocycles.